The normalized spacial score (nSPS) is 13.4. The number of halogens is 3. The molecular weight excluding hydrogens is 470 g/mol. The number of nitrogens with zero attached hydrogens (tertiary/aromatic N) is 2. The van der Waals surface area contributed by atoms with Crippen molar-refractivity contribution in [3.05, 3.63) is 63.4 Å². The van der Waals surface area contributed by atoms with Gasteiger partial charge in [-0.15, -0.1) is 0 Å². The van der Waals surface area contributed by atoms with E-state index in [-0.39, 0.29) is 29.1 Å². The standard InChI is InChI=1S/C18H15BrF2N4O3S/c1-3-25(2)29(27,28)24-14-5-4-12(20)15(16(14)21)18(26)11-7-13(22)17-10(11)6-9(19)8-23-17/h4-8,22,24H,3H2,1-2H3. The van der Waals surface area contributed by atoms with Gasteiger partial charge < -0.3 is 0 Å². The first-order valence-corrected chi connectivity index (χ1v) is 10.5. The van der Waals surface area contributed by atoms with Crippen LogP contribution in [0, 0.1) is 17.0 Å². The molecule has 0 atom stereocenters. The predicted octanol–water partition coefficient (Wildman–Crippen LogP) is 3.38. The van der Waals surface area contributed by atoms with E-state index in [2.05, 4.69) is 20.9 Å². The lowest BCUT2D eigenvalue weighted by molar-refractivity contribution is 0.104. The molecule has 0 fully saturated rings. The van der Waals surface area contributed by atoms with Crippen molar-refractivity contribution in [2.24, 2.45) is 0 Å². The summed E-state index contributed by atoms with van der Waals surface area (Å²) in [6.07, 6.45) is 2.61. The number of ketones is 1. The number of anilines is 1. The summed E-state index contributed by atoms with van der Waals surface area (Å²) in [5.74, 6) is -3.51. The quantitative estimate of drug-likeness (QED) is 0.613. The van der Waals surface area contributed by atoms with Crippen molar-refractivity contribution in [3.8, 4) is 0 Å². The molecule has 0 saturated heterocycles. The van der Waals surface area contributed by atoms with Crippen LogP contribution in [0.25, 0.3) is 5.57 Å². The topological polar surface area (TPSA) is 103 Å². The Labute approximate surface area is 174 Å². The molecule has 2 aromatic rings. The molecule has 152 valence electrons. The van der Waals surface area contributed by atoms with Gasteiger partial charge in [0, 0.05) is 35.4 Å². The number of carbonyl (C=O) groups is 1. The first kappa shape index (κ1) is 21.2. The molecule has 3 rings (SSSR count). The lowest BCUT2D eigenvalue weighted by Gasteiger charge is -2.17. The van der Waals surface area contributed by atoms with Crippen molar-refractivity contribution >= 4 is 48.9 Å². The van der Waals surface area contributed by atoms with Gasteiger partial charge in [-0.2, -0.15) is 12.7 Å². The van der Waals surface area contributed by atoms with E-state index in [1.54, 1.807) is 6.92 Å². The van der Waals surface area contributed by atoms with Crippen LogP contribution in [-0.2, 0) is 10.2 Å². The van der Waals surface area contributed by atoms with Crippen LogP contribution in [0.3, 0.4) is 0 Å². The molecule has 0 aliphatic heterocycles. The molecule has 1 aliphatic rings. The Hall–Kier alpha value is -2.50. The van der Waals surface area contributed by atoms with Crippen molar-refractivity contribution in [2.75, 3.05) is 18.3 Å². The Bertz CT molecular complexity index is 1180. The Morgan fingerprint density at radius 1 is 1.34 bits per heavy atom. The summed E-state index contributed by atoms with van der Waals surface area (Å²) in [6.45, 7) is 1.71. The summed E-state index contributed by atoms with van der Waals surface area (Å²) in [5.41, 5.74) is -1.20. The number of hydrogen-bond donors (Lipinski definition) is 2. The van der Waals surface area contributed by atoms with Crippen molar-refractivity contribution < 1.29 is 22.0 Å². The highest BCUT2D eigenvalue weighted by atomic mass is 79.9. The molecule has 0 radical (unpaired) electrons. The third-order valence-corrected chi connectivity index (χ3v) is 6.34. The average Bonchev–Trinajstić information content (AvgIpc) is 2.99. The van der Waals surface area contributed by atoms with Crippen molar-refractivity contribution in [3.63, 3.8) is 0 Å². The van der Waals surface area contributed by atoms with E-state index < -0.39 is 38.9 Å². The highest BCUT2D eigenvalue weighted by Crippen LogP contribution is 2.33. The smallest absolute Gasteiger partial charge is 0.299 e. The van der Waals surface area contributed by atoms with Crippen LogP contribution in [0.5, 0.6) is 0 Å². The summed E-state index contributed by atoms with van der Waals surface area (Å²) in [6, 6.07) is 3.23. The van der Waals surface area contributed by atoms with Gasteiger partial charge in [0.2, 0.25) is 0 Å². The summed E-state index contributed by atoms with van der Waals surface area (Å²) in [4.78, 5) is 17.0. The zero-order valence-corrected chi connectivity index (χ0v) is 17.7. The Kier molecular flexibility index (Phi) is 5.65. The number of allylic oxidation sites excluding steroid dienone is 2. The lowest BCUT2D eigenvalue weighted by Crippen LogP contribution is -2.32. The Balaban J connectivity index is 2.07. The Morgan fingerprint density at radius 2 is 2.03 bits per heavy atom. The van der Waals surface area contributed by atoms with Gasteiger partial charge in [-0.1, -0.05) is 6.92 Å². The minimum absolute atomic E-state index is 0.0712. The van der Waals surface area contributed by atoms with Gasteiger partial charge in [0.25, 0.3) is 0 Å². The van der Waals surface area contributed by atoms with Crippen molar-refractivity contribution in [2.45, 2.75) is 6.92 Å². The molecule has 1 aromatic heterocycles. The van der Waals surface area contributed by atoms with E-state index in [0.717, 1.165) is 16.4 Å². The van der Waals surface area contributed by atoms with Crippen LogP contribution in [0.2, 0.25) is 0 Å². The van der Waals surface area contributed by atoms with Crippen LogP contribution < -0.4 is 4.72 Å². The fraction of sp³-hybridized carbons (Fsp3) is 0.167. The van der Waals surface area contributed by atoms with Crippen LogP contribution >= 0.6 is 15.9 Å². The molecule has 11 heteroatoms. The average molecular weight is 485 g/mol. The molecule has 2 N–H and O–H groups in total. The Morgan fingerprint density at radius 3 is 2.69 bits per heavy atom. The molecule has 7 nitrogen and oxygen atoms in total. The van der Waals surface area contributed by atoms with Gasteiger partial charge in [0.05, 0.1) is 22.7 Å². The zero-order chi connectivity index (χ0) is 21.5. The molecule has 1 heterocycles. The first-order chi connectivity index (χ1) is 13.6. The van der Waals surface area contributed by atoms with E-state index in [9.17, 15) is 22.0 Å². The van der Waals surface area contributed by atoms with E-state index in [4.69, 9.17) is 5.41 Å². The second-order valence-electron chi connectivity index (χ2n) is 6.16. The molecule has 1 aliphatic carbocycles. The number of hydrogen-bond acceptors (Lipinski definition) is 5. The first-order valence-electron chi connectivity index (χ1n) is 8.30. The zero-order valence-electron chi connectivity index (χ0n) is 15.3. The summed E-state index contributed by atoms with van der Waals surface area (Å²) in [5, 5.41) is 7.93. The largest absolute Gasteiger partial charge is 0.301 e. The third-order valence-electron chi connectivity index (χ3n) is 4.35. The number of carbonyl (C=O) groups excluding carboxylic acids is 1. The van der Waals surface area contributed by atoms with Crippen LogP contribution in [0.1, 0.15) is 28.5 Å². The van der Waals surface area contributed by atoms with Crippen LogP contribution in [0.15, 0.2) is 34.9 Å². The maximum Gasteiger partial charge on any atom is 0.301 e. The third kappa shape index (κ3) is 3.85. The number of nitrogens with one attached hydrogen (secondary N) is 2. The second-order valence-corrected chi connectivity index (χ2v) is 8.85. The SMILES string of the molecule is CCN(C)S(=O)(=O)Nc1ccc(F)c(C(=O)C2=CC(=N)c3ncc(Br)cc32)c1F. The number of rotatable bonds is 6. The van der Waals surface area contributed by atoms with Crippen molar-refractivity contribution in [1.82, 2.24) is 9.29 Å². The lowest BCUT2D eigenvalue weighted by atomic mass is 9.98. The van der Waals surface area contributed by atoms with E-state index in [0.29, 0.717) is 4.47 Å². The number of pyridine rings is 1. The molecule has 0 saturated carbocycles. The van der Waals surface area contributed by atoms with Gasteiger partial charge in [-0.3, -0.25) is 19.9 Å². The molecule has 0 bridgehead atoms. The summed E-state index contributed by atoms with van der Waals surface area (Å²) < 4.78 is 57.2. The predicted molar refractivity (Wildman–Crippen MR) is 108 cm³/mol. The van der Waals surface area contributed by atoms with Crippen LogP contribution in [0.4, 0.5) is 14.5 Å². The number of fused-ring (bicyclic) bond motifs is 1. The molecule has 0 spiro atoms. The van der Waals surface area contributed by atoms with Gasteiger partial charge in [0.15, 0.2) is 11.6 Å². The van der Waals surface area contributed by atoms with Gasteiger partial charge in [0.1, 0.15) is 5.82 Å². The van der Waals surface area contributed by atoms with Crippen LogP contribution in [-0.4, -0.2) is 42.8 Å². The summed E-state index contributed by atoms with van der Waals surface area (Å²) in [7, 11) is -2.79. The molecular formula is C18H15BrF2N4O3S. The minimum atomic E-state index is -4.08. The number of Topliss-reactive ketones (excluding diaryl/α,β-unsaturated/α-hetero) is 1. The van der Waals surface area contributed by atoms with Gasteiger partial charge in [-0.05, 0) is 40.2 Å². The second kappa shape index (κ2) is 7.73. The number of aromatic nitrogens is 1. The fourth-order valence-corrected chi connectivity index (χ4v) is 3.96. The molecule has 1 aromatic carbocycles. The highest BCUT2D eigenvalue weighted by molar-refractivity contribution is 9.10. The fourth-order valence-electron chi connectivity index (χ4n) is 2.70. The van der Waals surface area contributed by atoms with Gasteiger partial charge >= 0.3 is 10.2 Å². The maximum absolute atomic E-state index is 15.0. The monoisotopic (exact) mass is 484 g/mol. The maximum atomic E-state index is 15.0. The number of benzene rings is 1. The molecule has 0 amide bonds. The van der Waals surface area contributed by atoms with E-state index in [1.807, 2.05) is 4.72 Å². The molecule has 0 unspecified atom stereocenters. The van der Waals surface area contributed by atoms with Crippen molar-refractivity contribution in [1.29, 1.82) is 5.41 Å². The van der Waals surface area contributed by atoms with E-state index >= 15 is 0 Å². The van der Waals surface area contributed by atoms with Gasteiger partial charge in [-0.25, -0.2) is 8.78 Å². The van der Waals surface area contributed by atoms with E-state index in [1.165, 1.54) is 25.4 Å². The highest BCUT2D eigenvalue weighted by Gasteiger charge is 2.31. The summed E-state index contributed by atoms with van der Waals surface area (Å²) >= 11 is 3.21. The molecule has 29 heavy (non-hydrogen) atoms. The minimum Gasteiger partial charge on any atom is -0.299 e.